The molecule has 0 fully saturated rings. The predicted molar refractivity (Wildman–Crippen MR) is 94.6 cm³/mol. The number of aromatic nitrogens is 1. The summed E-state index contributed by atoms with van der Waals surface area (Å²) in [4.78, 5) is 16.4. The lowest BCUT2D eigenvalue weighted by Crippen LogP contribution is -2.33. The molecule has 1 atom stereocenters. The van der Waals surface area contributed by atoms with E-state index in [0.29, 0.717) is 18.1 Å². The van der Waals surface area contributed by atoms with E-state index in [4.69, 9.17) is 16.3 Å². The normalized spacial score (nSPS) is 11.9. The maximum Gasteiger partial charge on any atom is 0.230 e. The number of nitrogens with one attached hydrogen (secondary N) is 1. The third kappa shape index (κ3) is 5.86. The van der Waals surface area contributed by atoms with Crippen LogP contribution in [0.3, 0.4) is 0 Å². The molecule has 0 unspecified atom stereocenters. The molecule has 1 N–H and O–H groups in total. The van der Waals surface area contributed by atoms with Crippen LogP contribution < -0.4 is 5.32 Å². The average Bonchev–Trinajstić information content (AvgIpc) is 2.57. The van der Waals surface area contributed by atoms with E-state index < -0.39 is 0 Å². The van der Waals surface area contributed by atoms with E-state index >= 15 is 0 Å². The molecular weight excluding hydrogens is 332 g/mol. The van der Waals surface area contributed by atoms with E-state index in [2.05, 4.69) is 10.3 Å². The molecule has 1 aromatic carbocycles. The van der Waals surface area contributed by atoms with Gasteiger partial charge >= 0.3 is 0 Å². The molecule has 2 aromatic rings. The Morgan fingerprint density at radius 1 is 1.30 bits per heavy atom. The molecule has 1 heterocycles. The second kappa shape index (κ2) is 9.55. The van der Waals surface area contributed by atoms with Crippen LogP contribution in [0.2, 0.25) is 5.02 Å². The lowest BCUT2D eigenvalue weighted by atomic mass is 10.2. The van der Waals surface area contributed by atoms with E-state index in [1.807, 2.05) is 42.5 Å². The Morgan fingerprint density at radius 2 is 2.09 bits per heavy atom. The van der Waals surface area contributed by atoms with Gasteiger partial charge in [-0.05, 0) is 23.8 Å². The van der Waals surface area contributed by atoms with Gasteiger partial charge in [0.15, 0.2) is 0 Å². The highest BCUT2D eigenvalue weighted by Crippen LogP contribution is 2.20. The molecule has 2 rings (SSSR count). The molecule has 0 saturated heterocycles. The summed E-state index contributed by atoms with van der Waals surface area (Å²) in [5, 5.41) is 3.68. The molecule has 0 saturated carbocycles. The molecule has 4 nitrogen and oxygen atoms in total. The van der Waals surface area contributed by atoms with Crippen molar-refractivity contribution >= 4 is 29.3 Å². The molecule has 6 heteroatoms. The highest BCUT2D eigenvalue weighted by molar-refractivity contribution is 7.99. The smallest absolute Gasteiger partial charge is 0.230 e. The topological polar surface area (TPSA) is 51.2 Å². The number of hydrogen-bond acceptors (Lipinski definition) is 4. The van der Waals surface area contributed by atoms with Crippen LogP contribution in [0.25, 0.3) is 0 Å². The summed E-state index contributed by atoms with van der Waals surface area (Å²) in [6.07, 6.45) is 1.70. The number of thioether (sulfide) groups is 1. The zero-order valence-corrected chi connectivity index (χ0v) is 14.4. The minimum atomic E-state index is -0.241. The summed E-state index contributed by atoms with van der Waals surface area (Å²) in [6, 6.07) is 13.0. The SMILES string of the molecule is COC[C@H](NC(=O)CSCc1ccccc1Cl)c1ccccn1. The molecular formula is C17H19ClN2O2S. The quantitative estimate of drug-likeness (QED) is 0.792. The molecule has 23 heavy (non-hydrogen) atoms. The number of halogens is 1. The molecule has 1 amide bonds. The molecule has 0 aliphatic heterocycles. The number of methoxy groups -OCH3 is 1. The highest BCUT2D eigenvalue weighted by atomic mass is 35.5. The van der Waals surface area contributed by atoms with Gasteiger partial charge < -0.3 is 10.1 Å². The number of rotatable bonds is 8. The van der Waals surface area contributed by atoms with E-state index in [1.165, 1.54) is 11.8 Å². The summed E-state index contributed by atoms with van der Waals surface area (Å²) in [7, 11) is 1.61. The Hall–Kier alpha value is -1.56. The molecule has 0 radical (unpaired) electrons. The predicted octanol–water partition coefficient (Wildman–Crippen LogP) is 3.47. The van der Waals surface area contributed by atoms with Crippen molar-refractivity contribution in [3.8, 4) is 0 Å². The van der Waals surface area contributed by atoms with Gasteiger partial charge in [-0.3, -0.25) is 9.78 Å². The van der Waals surface area contributed by atoms with Crippen molar-refractivity contribution < 1.29 is 9.53 Å². The first kappa shape index (κ1) is 17.8. The zero-order valence-electron chi connectivity index (χ0n) is 12.9. The maximum atomic E-state index is 12.1. The fourth-order valence-electron chi connectivity index (χ4n) is 2.05. The first-order valence-corrected chi connectivity index (χ1v) is 8.74. The summed E-state index contributed by atoms with van der Waals surface area (Å²) < 4.78 is 5.17. The van der Waals surface area contributed by atoms with Gasteiger partial charge in [-0.2, -0.15) is 0 Å². The largest absolute Gasteiger partial charge is 0.382 e. The van der Waals surface area contributed by atoms with Crippen LogP contribution >= 0.6 is 23.4 Å². The minimum absolute atomic E-state index is 0.0465. The number of carbonyl (C=O) groups is 1. The van der Waals surface area contributed by atoms with E-state index in [1.54, 1.807) is 13.3 Å². The number of benzene rings is 1. The van der Waals surface area contributed by atoms with Gasteiger partial charge in [-0.25, -0.2) is 0 Å². The first-order chi connectivity index (χ1) is 11.2. The Labute approximate surface area is 145 Å². The maximum absolute atomic E-state index is 12.1. The van der Waals surface area contributed by atoms with Crippen LogP contribution in [0, 0.1) is 0 Å². The molecule has 122 valence electrons. The standard InChI is InChI=1S/C17H19ClN2O2S/c1-22-10-16(15-8-4-5-9-19-15)20-17(21)12-23-11-13-6-2-3-7-14(13)18/h2-9,16H,10-12H2,1H3,(H,20,21)/t16-/m0/s1. The summed E-state index contributed by atoms with van der Waals surface area (Å²) >= 11 is 7.63. The Balaban J connectivity index is 1.84. The Kier molecular flexibility index (Phi) is 7.39. The average molecular weight is 351 g/mol. The van der Waals surface area contributed by atoms with Crippen LogP contribution in [0.1, 0.15) is 17.3 Å². The van der Waals surface area contributed by atoms with Gasteiger partial charge in [-0.1, -0.05) is 35.9 Å². The monoisotopic (exact) mass is 350 g/mol. The molecule has 0 bridgehead atoms. The summed E-state index contributed by atoms with van der Waals surface area (Å²) in [5.41, 5.74) is 1.82. The lowest BCUT2D eigenvalue weighted by Gasteiger charge is -2.17. The summed E-state index contributed by atoms with van der Waals surface area (Å²) in [6.45, 7) is 0.387. The van der Waals surface area contributed by atoms with Crippen molar-refractivity contribution in [1.29, 1.82) is 0 Å². The van der Waals surface area contributed by atoms with Gasteiger partial charge in [0, 0.05) is 24.1 Å². The van der Waals surface area contributed by atoms with Crippen molar-refractivity contribution in [2.45, 2.75) is 11.8 Å². The summed E-state index contributed by atoms with van der Waals surface area (Å²) in [5.74, 6) is 1.01. The number of pyridine rings is 1. The van der Waals surface area contributed by atoms with Crippen molar-refractivity contribution in [2.75, 3.05) is 19.5 Å². The van der Waals surface area contributed by atoms with Gasteiger partial charge in [-0.15, -0.1) is 11.8 Å². The third-order valence-corrected chi connectivity index (χ3v) is 4.51. The molecule has 1 aromatic heterocycles. The van der Waals surface area contributed by atoms with E-state index in [0.717, 1.165) is 16.3 Å². The number of hydrogen-bond donors (Lipinski definition) is 1. The van der Waals surface area contributed by atoms with Crippen LogP contribution in [-0.4, -0.2) is 30.4 Å². The number of carbonyl (C=O) groups excluding carboxylic acids is 1. The first-order valence-electron chi connectivity index (χ1n) is 7.21. The van der Waals surface area contributed by atoms with E-state index in [-0.39, 0.29) is 11.9 Å². The van der Waals surface area contributed by atoms with Gasteiger partial charge in [0.05, 0.1) is 24.1 Å². The zero-order chi connectivity index (χ0) is 16.5. The van der Waals surface area contributed by atoms with Crippen molar-refractivity contribution in [1.82, 2.24) is 10.3 Å². The number of nitrogens with zero attached hydrogens (tertiary/aromatic N) is 1. The van der Waals surface area contributed by atoms with Crippen molar-refractivity contribution in [3.63, 3.8) is 0 Å². The van der Waals surface area contributed by atoms with Crippen molar-refractivity contribution in [2.24, 2.45) is 0 Å². The number of ether oxygens (including phenoxy) is 1. The highest BCUT2D eigenvalue weighted by Gasteiger charge is 2.15. The van der Waals surface area contributed by atoms with Crippen LogP contribution in [0.15, 0.2) is 48.7 Å². The fraction of sp³-hybridized carbons (Fsp3) is 0.294. The number of amides is 1. The van der Waals surface area contributed by atoms with Crippen molar-refractivity contribution in [3.05, 3.63) is 64.9 Å². The van der Waals surface area contributed by atoms with Crippen LogP contribution in [-0.2, 0) is 15.3 Å². The van der Waals surface area contributed by atoms with Gasteiger partial charge in [0.2, 0.25) is 5.91 Å². The second-order valence-corrected chi connectivity index (χ2v) is 6.31. The Morgan fingerprint density at radius 3 is 2.78 bits per heavy atom. The minimum Gasteiger partial charge on any atom is -0.382 e. The fourth-order valence-corrected chi connectivity index (χ4v) is 3.18. The van der Waals surface area contributed by atoms with Gasteiger partial charge in [0.1, 0.15) is 0 Å². The van der Waals surface area contributed by atoms with E-state index in [9.17, 15) is 4.79 Å². The Bertz CT molecular complexity index is 625. The molecule has 0 spiro atoms. The van der Waals surface area contributed by atoms with Crippen LogP contribution in [0.5, 0.6) is 0 Å². The van der Waals surface area contributed by atoms with Gasteiger partial charge in [0.25, 0.3) is 0 Å². The molecule has 0 aliphatic carbocycles. The van der Waals surface area contributed by atoms with Crippen LogP contribution in [0.4, 0.5) is 0 Å². The lowest BCUT2D eigenvalue weighted by molar-refractivity contribution is -0.119. The second-order valence-electron chi connectivity index (χ2n) is 4.91. The third-order valence-electron chi connectivity index (χ3n) is 3.16. The molecule has 0 aliphatic rings.